The van der Waals surface area contributed by atoms with Crippen molar-refractivity contribution in [2.45, 2.75) is 19.3 Å². The molecule has 0 unspecified atom stereocenters. The van der Waals surface area contributed by atoms with Crippen LogP contribution < -0.4 is 5.32 Å². The third-order valence-electron chi connectivity index (χ3n) is 3.26. The molecular formula is C14H16F2N2O3. The number of alkyl halides is 2. The Balaban J connectivity index is 2.20. The van der Waals surface area contributed by atoms with E-state index in [1.165, 1.54) is 6.07 Å². The first-order chi connectivity index (χ1) is 10.0. The maximum absolute atomic E-state index is 12.5. The van der Waals surface area contributed by atoms with Gasteiger partial charge >= 0.3 is 0 Å². The molecule has 0 saturated carbocycles. The highest BCUT2D eigenvalue weighted by molar-refractivity contribution is 5.98. The lowest BCUT2D eigenvalue weighted by Crippen LogP contribution is -2.37. The third kappa shape index (κ3) is 3.75. The number of nitrogens with one attached hydrogen (secondary N) is 1. The fourth-order valence-electron chi connectivity index (χ4n) is 2.26. The zero-order valence-electron chi connectivity index (χ0n) is 11.3. The molecule has 2 amide bonds. The number of hydrogen-bond donors (Lipinski definition) is 2. The molecule has 0 bridgehead atoms. The average Bonchev–Trinajstić information content (AvgIpc) is 2.45. The van der Waals surface area contributed by atoms with Crippen molar-refractivity contribution in [3.8, 4) is 0 Å². The zero-order valence-corrected chi connectivity index (χ0v) is 11.3. The summed E-state index contributed by atoms with van der Waals surface area (Å²) in [5.41, 5.74) is 1.73. The summed E-state index contributed by atoms with van der Waals surface area (Å²) < 4.78 is 25.0. The van der Waals surface area contributed by atoms with Crippen LogP contribution in [0.4, 0.5) is 14.5 Å². The van der Waals surface area contributed by atoms with Gasteiger partial charge in [-0.25, -0.2) is 8.78 Å². The minimum Gasteiger partial charge on any atom is -0.395 e. The summed E-state index contributed by atoms with van der Waals surface area (Å²) in [4.78, 5) is 24.4. The highest BCUT2D eigenvalue weighted by atomic mass is 19.3. The van der Waals surface area contributed by atoms with E-state index in [1.807, 2.05) is 0 Å². The largest absolute Gasteiger partial charge is 0.395 e. The second-order valence-corrected chi connectivity index (χ2v) is 4.79. The highest BCUT2D eigenvalue weighted by Gasteiger charge is 2.21. The van der Waals surface area contributed by atoms with Crippen LogP contribution in [0, 0.1) is 0 Å². The summed E-state index contributed by atoms with van der Waals surface area (Å²) in [6.07, 6.45) is -1.81. The first-order valence-electron chi connectivity index (χ1n) is 6.62. The highest BCUT2D eigenvalue weighted by Crippen LogP contribution is 2.24. The van der Waals surface area contributed by atoms with Gasteiger partial charge in [0, 0.05) is 24.2 Å². The fraction of sp³-hybridized carbons (Fsp3) is 0.429. The molecule has 114 valence electrons. The Morgan fingerprint density at radius 3 is 2.81 bits per heavy atom. The van der Waals surface area contributed by atoms with Gasteiger partial charge in [-0.1, -0.05) is 0 Å². The van der Waals surface area contributed by atoms with Gasteiger partial charge in [-0.2, -0.15) is 0 Å². The van der Waals surface area contributed by atoms with Crippen LogP contribution in [-0.4, -0.2) is 47.9 Å². The summed E-state index contributed by atoms with van der Waals surface area (Å²) in [7, 11) is 0. The van der Waals surface area contributed by atoms with Crippen LogP contribution in [0.1, 0.15) is 22.3 Å². The standard InChI is InChI=1S/C14H16F2N2O3/c15-12(16)8-18(5-6-19)14(21)10-1-3-11-9(7-10)2-4-13(20)17-11/h1,3,7,12,19H,2,4-6,8H2,(H,17,20). The Kier molecular flexibility index (Phi) is 4.85. The molecule has 0 aliphatic carbocycles. The number of fused-ring (bicyclic) bond motifs is 1. The van der Waals surface area contributed by atoms with Gasteiger partial charge in [0.1, 0.15) is 0 Å². The first-order valence-corrected chi connectivity index (χ1v) is 6.62. The van der Waals surface area contributed by atoms with E-state index in [2.05, 4.69) is 5.32 Å². The second kappa shape index (κ2) is 6.62. The fourth-order valence-corrected chi connectivity index (χ4v) is 2.26. The topological polar surface area (TPSA) is 69.6 Å². The van der Waals surface area contributed by atoms with Crippen molar-refractivity contribution < 1.29 is 23.5 Å². The molecule has 0 atom stereocenters. The molecule has 0 aromatic heterocycles. The summed E-state index contributed by atoms with van der Waals surface area (Å²) in [5, 5.41) is 11.6. The minimum atomic E-state index is -2.66. The summed E-state index contributed by atoms with van der Waals surface area (Å²) in [6.45, 7) is -1.23. The molecule has 7 heteroatoms. The first kappa shape index (κ1) is 15.4. The number of carbonyl (C=O) groups excluding carboxylic acids is 2. The van der Waals surface area contributed by atoms with Gasteiger partial charge in [0.25, 0.3) is 12.3 Å². The van der Waals surface area contributed by atoms with E-state index in [9.17, 15) is 18.4 Å². The number of aliphatic hydroxyl groups excluding tert-OH is 1. The Labute approximate surface area is 120 Å². The zero-order chi connectivity index (χ0) is 15.4. The maximum atomic E-state index is 12.5. The smallest absolute Gasteiger partial charge is 0.255 e. The van der Waals surface area contributed by atoms with E-state index in [-0.39, 0.29) is 24.6 Å². The number of halogens is 2. The monoisotopic (exact) mass is 298 g/mol. The van der Waals surface area contributed by atoms with Crippen LogP contribution in [0.25, 0.3) is 0 Å². The van der Waals surface area contributed by atoms with Crippen molar-refractivity contribution in [3.05, 3.63) is 29.3 Å². The van der Waals surface area contributed by atoms with Crippen molar-refractivity contribution in [1.82, 2.24) is 4.90 Å². The van der Waals surface area contributed by atoms with E-state index >= 15 is 0 Å². The van der Waals surface area contributed by atoms with E-state index < -0.39 is 18.9 Å². The Bertz CT molecular complexity index is 549. The van der Waals surface area contributed by atoms with Gasteiger partial charge < -0.3 is 15.3 Å². The lowest BCUT2D eigenvalue weighted by Gasteiger charge is -2.23. The number of rotatable bonds is 5. The van der Waals surface area contributed by atoms with Gasteiger partial charge in [-0.3, -0.25) is 9.59 Å². The SMILES string of the molecule is O=C1CCc2cc(C(=O)N(CCO)CC(F)F)ccc2N1. The maximum Gasteiger partial charge on any atom is 0.255 e. The van der Waals surface area contributed by atoms with Gasteiger partial charge in [0.2, 0.25) is 5.91 Å². The van der Waals surface area contributed by atoms with E-state index in [4.69, 9.17) is 5.11 Å². The van der Waals surface area contributed by atoms with E-state index in [0.717, 1.165) is 10.5 Å². The minimum absolute atomic E-state index is 0.0822. The van der Waals surface area contributed by atoms with Crippen LogP contribution >= 0.6 is 0 Å². The number of carbonyl (C=O) groups is 2. The van der Waals surface area contributed by atoms with E-state index in [1.54, 1.807) is 12.1 Å². The molecule has 5 nitrogen and oxygen atoms in total. The lowest BCUT2D eigenvalue weighted by atomic mass is 10.00. The Morgan fingerprint density at radius 2 is 2.14 bits per heavy atom. The second-order valence-electron chi connectivity index (χ2n) is 4.79. The number of benzene rings is 1. The molecule has 2 rings (SSSR count). The van der Waals surface area contributed by atoms with Crippen LogP contribution in [0.5, 0.6) is 0 Å². The van der Waals surface area contributed by atoms with Crippen molar-refractivity contribution in [3.63, 3.8) is 0 Å². The lowest BCUT2D eigenvalue weighted by molar-refractivity contribution is -0.116. The molecule has 0 spiro atoms. The van der Waals surface area contributed by atoms with Crippen LogP contribution in [0.15, 0.2) is 18.2 Å². The van der Waals surface area contributed by atoms with Gasteiger partial charge in [-0.15, -0.1) is 0 Å². The Hall–Kier alpha value is -2.02. The molecule has 21 heavy (non-hydrogen) atoms. The van der Waals surface area contributed by atoms with Crippen LogP contribution in [0.2, 0.25) is 0 Å². The molecule has 1 heterocycles. The van der Waals surface area contributed by atoms with Crippen molar-refractivity contribution in [2.24, 2.45) is 0 Å². The quantitative estimate of drug-likeness (QED) is 0.860. The van der Waals surface area contributed by atoms with Gasteiger partial charge in [-0.05, 0) is 30.2 Å². The number of hydrogen-bond acceptors (Lipinski definition) is 3. The molecule has 2 N–H and O–H groups in total. The van der Waals surface area contributed by atoms with Gasteiger partial charge in [0.05, 0.1) is 13.2 Å². The third-order valence-corrected chi connectivity index (χ3v) is 3.26. The Morgan fingerprint density at radius 1 is 1.38 bits per heavy atom. The molecule has 1 aromatic carbocycles. The molecular weight excluding hydrogens is 282 g/mol. The predicted octanol–water partition coefficient (Wildman–Crippen LogP) is 1.27. The molecule has 1 aliphatic heterocycles. The van der Waals surface area contributed by atoms with Crippen LogP contribution in [0.3, 0.4) is 0 Å². The number of anilines is 1. The van der Waals surface area contributed by atoms with Gasteiger partial charge in [0.15, 0.2) is 0 Å². The van der Waals surface area contributed by atoms with E-state index in [0.29, 0.717) is 18.5 Å². The summed E-state index contributed by atoms with van der Waals surface area (Å²) in [6, 6.07) is 4.69. The van der Waals surface area contributed by atoms with Crippen molar-refractivity contribution in [1.29, 1.82) is 0 Å². The van der Waals surface area contributed by atoms with Crippen LogP contribution in [-0.2, 0) is 11.2 Å². The molecule has 0 saturated heterocycles. The average molecular weight is 298 g/mol. The normalized spacial score (nSPS) is 13.8. The number of amides is 2. The van der Waals surface area contributed by atoms with Crippen molar-refractivity contribution >= 4 is 17.5 Å². The summed E-state index contributed by atoms with van der Waals surface area (Å²) in [5.74, 6) is -0.634. The summed E-state index contributed by atoms with van der Waals surface area (Å²) >= 11 is 0. The number of aliphatic hydroxyl groups is 1. The molecule has 1 aromatic rings. The number of aryl methyl sites for hydroxylation is 1. The molecule has 0 fully saturated rings. The van der Waals surface area contributed by atoms with Crippen molar-refractivity contribution in [2.75, 3.05) is 25.0 Å². The molecule has 0 radical (unpaired) electrons. The molecule has 1 aliphatic rings. The predicted molar refractivity (Wildman–Crippen MR) is 72.4 cm³/mol. The number of nitrogens with zero attached hydrogens (tertiary/aromatic N) is 1.